The maximum atomic E-state index is 12.4. The molecule has 5 nitrogen and oxygen atoms in total. The minimum atomic E-state index is -0.359. The van der Waals surface area contributed by atoms with Gasteiger partial charge in [0.1, 0.15) is 0 Å². The van der Waals surface area contributed by atoms with Gasteiger partial charge in [-0.15, -0.1) is 10.2 Å². The fourth-order valence-corrected chi connectivity index (χ4v) is 3.13. The topological polar surface area (TPSA) is 68.0 Å². The molecular formula is C20H21N3O2S. The zero-order valence-electron chi connectivity index (χ0n) is 15.2. The molecule has 2 aromatic carbocycles. The number of hydrogen-bond donors (Lipinski definition) is 1. The lowest BCUT2D eigenvalue weighted by Gasteiger charge is -2.11. The second-order valence-corrected chi connectivity index (χ2v) is 7.53. The second kappa shape index (κ2) is 7.74. The van der Waals surface area contributed by atoms with Crippen molar-refractivity contribution >= 4 is 23.4 Å². The number of carbonyl (C=O) groups excluding carboxylic acids is 1. The minimum absolute atomic E-state index is 0.103. The van der Waals surface area contributed by atoms with Crippen LogP contribution >= 0.6 is 11.8 Å². The molecule has 3 aromatic rings. The van der Waals surface area contributed by atoms with Gasteiger partial charge in [-0.2, -0.15) is 0 Å². The molecule has 6 heteroatoms. The average molecular weight is 367 g/mol. The first-order chi connectivity index (χ1) is 12.4. The van der Waals surface area contributed by atoms with Gasteiger partial charge in [-0.3, -0.25) is 4.79 Å². The molecule has 0 aliphatic heterocycles. The molecule has 1 amide bonds. The predicted molar refractivity (Wildman–Crippen MR) is 104 cm³/mol. The van der Waals surface area contributed by atoms with Gasteiger partial charge in [-0.25, -0.2) is 0 Å². The van der Waals surface area contributed by atoms with Crippen molar-refractivity contribution in [3.63, 3.8) is 0 Å². The van der Waals surface area contributed by atoms with E-state index in [9.17, 15) is 4.79 Å². The van der Waals surface area contributed by atoms with Crippen molar-refractivity contribution in [2.75, 3.05) is 5.32 Å². The number of amides is 1. The number of thioether (sulfide) groups is 1. The summed E-state index contributed by atoms with van der Waals surface area (Å²) < 4.78 is 5.72. The molecule has 0 radical (unpaired) electrons. The number of hydrogen-bond acceptors (Lipinski definition) is 5. The van der Waals surface area contributed by atoms with Crippen LogP contribution in [0.3, 0.4) is 0 Å². The number of carbonyl (C=O) groups is 1. The van der Waals surface area contributed by atoms with Gasteiger partial charge in [0.15, 0.2) is 0 Å². The standard InChI is InChI=1S/C20H21N3O2S/c1-12-9-10-16(11-14(12)3)21-18(24)15(4)26-20-23-22-19(25-20)17-8-6-5-7-13(17)2/h5-11,15H,1-4H3,(H,21,24). The fourth-order valence-electron chi connectivity index (χ4n) is 2.45. The highest BCUT2D eigenvalue weighted by molar-refractivity contribution is 8.00. The molecule has 0 saturated heterocycles. The van der Waals surface area contributed by atoms with Gasteiger partial charge >= 0.3 is 0 Å². The summed E-state index contributed by atoms with van der Waals surface area (Å²) in [6.45, 7) is 7.88. The maximum absolute atomic E-state index is 12.4. The van der Waals surface area contributed by atoms with Crippen molar-refractivity contribution < 1.29 is 9.21 Å². The number of aryl methyl sites for hydroxylation is 3. The van der Waals surface area contributed by atoms with Crippen LogP contribution in [0.1, 0.15) is 23.6 Å². The molecule has 0 saturated carbocycles. The second-order valence-electron chi connectivity index (χ2n) is 6.24. The lowest BCUT2D eigenvalue weighted by molar-refractivity contribution is -0.115. The molecular weight excluding hydrogens is 346 g/mol. The Balaban J connectivity index is 1.66. The predicted octanol–water partition coefficient (Wildman–Crippen LogP) is 4.78. The molecule has 0 bridgehead atoms. The van der Waals surface area contributed by atoms with Crippen molar-refractivity contribution in [3.8, 4) is 11.5 Å². The molecule has 134 valence electrons. The molecule has 26 heavy (non-hydrogen) atoms. The first-order valence-electron chi connectivity index (χ1n) is 8.38. The number of aromatic nitrogens is 2. The van der Waals surface area contributed by atoms with Gasteiger partial charge in [0.05, 0.1) is 5.25 Å². The summed E-state index contributed by atoms with van der Waals surface area (Å²) in [4.78, 5) is 12.4. The van der Waals surface area contributed by atoms with Gasteiger partial charge in [0, 0.05) is 11.3 Å². The molecule has 1 N–H and O–H groups in total. The summed E-state index contributed by atoms with van der Waals surface area (Å²) >= 11 is 1.25. The van der Waals surface area contributed by atoms with Gasteiger partial charge in [0.25, 0.3) is 5.22 Å². The quantitative estimate of drug-likeness (QED) is 0.657. The molecule has 0 aliphatic carbocycles. The third-order valence-electron chi connectivity index (χ3n) is 4.20. The van der Waals surface area contributed by atoms with Crippen LogP contribution in [0.2, 0.25) is 0 Å². The van der Waals surface area contributed by atoms with E-state index in [2.05, 4.69) is 15.5 Å². The lowest BCUT2D eigenvalue weighted by Crippen LogP contribution is -2.22. The monoisotopic (exact) mass is 367 g/mol. The smallest absolute Gasteiger partial charge is 0.277 e. The van der Waals surface area contributed by atoms with E-state index in [4.69, 9.17) is 4.42 Å². The number of anilines is 1. The van der Waals surface area contributed by atoms with Crippen LogP contribution in [0.5, 0.6) is 0 Å². The Bertz CT molecular complexity index is 936. The molecule has 0 aliphatic rings. The Morgan fingerprint density at radius 1 is 1.04 bits per heavy atom. The van der Waals surface area contributed by atoms with Crippen LogP contribution in [0.25, 0.3) is 11.5 Å². The normalized spacial score (nSPS) is 12.0. The largest absolute Gasteiger partial charge is 0.411 e. The van der Waals surface area contributed by atoms with Crippen molar-refractivity contribution in [3.05, 3.63) is 59.2 Å². The molecule has 1 unspecified atom stereocenters. The Hall–Kier alpha value is -2.60. The first kappa shape index (κ1) is 18.2. The van der Waals surface area contributed by atoms with Crippen LogP contribution in [0.4, 0.5) is 5.69 Å². The van der Waals surface area contributed by atoms with Crippen molar-refractivity contribution in [1.29, 1.82) is 0 Å². The first-order valence-corrected chi connectivity index (χ1v) is 9.26. The highest BCUT2D eigenvalue weighted by Crippen LogP contribution is 2.28. The maximum Gasteiger partial charge on any atom is 0.277 e. The average Bonchev–Trinajstić information content (AvgIpc) is 3.06. The number of nitrogens with one attached hydrogen (secondary N) is 1. The van der Waals surface area contributed by atoms with E-state index in [1.807, 2.05) is 70.2 Å². The molecule has 1 atom stereocenters. The fraction of sp³-hybridized carbons (Fsp3) is 0.250. The number of benzene rings is 2. The van der Waals surface area contributed by atoms with E-state index in [1.165, 1.54) is 17.3 Å². The molecule has 1 heterocycles. The van der Waals surface area contributed by atoms with Crippen molar-refractivity contribution in [1.82, 2.24) is 10.2 Å². The summed E-state index contributed by atoms with van der Waals surface area (Å²) in [5, 5.41) is 11.1. The van der Waals surface area contributed by atoms with Crippen LogP contribution in [-0.4, -0.2) is 21.4 Å². The SMILES string of the molecule is Cc1ccc(NC(=O)C(C)Sc2nnc(-c3ccccc3C)o2)cc1C. The zero-order chi connectivity index (χ0) is 18.7. The summed E-state index contributed by atoms with van der Waals surface area (Å²) in [5.74, 6) is 0.362. The third kappa shape index (κ3) is 4.14. The van der Waals surface area contributed by atoms with Crippen LogP contribution in [0, 0.1) is 20.8 Å². The highest BCUT2D eigenvalue weighted by atomic mass is 32.2. The van der Waals surface area contributed by atoms with E-state index in [1.54, 1.807) is 0 Å². The van der Waals surface area contributed by atoms with Crippen molar-refractivity contribution in [2.24, 2.45) is 0 Å². The van der Waals surface area contributed by atoms with Crippen LogP contribution in [0.15, 0.2) is 52.1 Å². The Kier molecular flexibility index (Phi) is 5.42. The van der Waals surface area contributed by atoms with E-state index >= 15 is 0 Å². The van der Waals surface area contributed by atoms with Gasteiger partial charge in [-0.05, 0) is 62.6 Å². The summed E-state index contributed by atoms with van der Waals surface area (Å²) in [5.41, 5.74) is 5.09. The van der Waals surface area contributed by atoms with E-state index in [0.717, 1.165) is 22.4 Å². The molecule has 0 spiro atoms. The summed E-state index contributed by atoms with van der Waals surface area (Å²) in [6.07, 6.45) is 0. The van der Waals surface area contributed by atoms with E-state index < -0.39 is 0 Å². The van der Waals surface area contributed by atoms with Crippen molar-refractivity contribution in [2.45, 2.75) is 38.2 Å². The Morgan fingerprint density at radius 3 is 2.54 bits per heavy atom. The third-order valence-corrected chi connectivity index (χ3v) is 5.14. The molecule has 1 aromatic heterocycles. The summed E-state index contributed by atoms with van der Waals surface area (Å²) in [6, 6.07) is 13.7. The number of nitrogens with zero attached hydrogens (tertiary/aromatic N) is 2. The van der Waals surface area contributed by atoms with E-state index in [0.29, 0.717) is 11.1 Å². The zero-order valence-corrected chi connectivity index (χ0v) is 16.1. The van der Waals surface area contributed by atoms with Gasteiger partial charge < -0.3 is 9.73 Å². The minimum Gasteiger partial charge on any atom is -0.411 e. The van der Waals surface area contributed by atoms with Crippen LogP contribution < -0.4 is 5.32 Å². The van der Waals surface area contributed by atoms with Crippen LogP contribution in [-0.2, 0) is 4.79 Å². The summed E-state index contributed by atoms with van der Waals surface area (Å²) in [7, 11) is 0. The van der Waals surface area contributed by atoms with Gasteiger partial charge in [-0.1, -0.05) is 36.0 Å². The Labute approximate surface area is 157 Å². The van der Waals surface area contributed by atoms with E-state index in [-0.39, 0.29) is 11.2 Å². The van der Waals surface area contributed by atoms with Gasteiger partial charge in [0.2, 0.25) is 11.8 Å². The lowest BCUT2D eigenvalue weighted by atomic mass is 10.1. The molecule has 3 rings (SSSR count). The Morgan fingerprint density at radius 2 is 1.81 bits per heavy atom. The highest BCUT2D eigenvalue weighted by Gasteiger charge is 2.19. The number of rotatable bonds is 5. The molecule has 0 fully saturated rings.